The Morgan fingerprint density at radius 3 is 2.83 bits per heavy atom. The van der Waals surface area contributed by atoms with Crippen LogP contribution in [-0.2, 0) is 11.5 Å². The second-order valence-corrected chi connectivity index (χ2v) is 12.2. The van der Waals surface area contributed by atoms with Crippen LogP contribution in [0.2, 0.25) is 25.7 Å². The van der Waals surface area contributed by atoms with Gasteiger partial charge >= 0.3 is 0 Å². The first-order valence-corrected chi connectivity index (χ1v) is 10.6. The third-order valence-electron chi connectivity index (χ3n) is 2.88. The van der Waals surface area contributed by atoms with Gasteiger partial charge in [0.2, 0.25) is 0 Å². The van der Waals surface area contributed by atoms with Crippen molar-refractivity contribution in [2.75, 3.05) is 6.61 Å². The summed E-state index contributed by atoms with van der Waals surface area (Å²) in [6.07, 6.45) is 5.74. The van der Waals surface area contributed by atoms with Gasteiger partial charge < -0.3 is 9.30 Å². The highest BCUT2D eigenvalue weighted by Crippen LogP contribution is 2.23. The summed E-state index contributed by atoms with van der Waals surface area (Å²) in [6, 6.07) is 3.29. The first-order chi connectivity index (χ1) is 8.47. The van der Waals surface area contributed by atoms with E-state index in [1.807, 2.05) is 18.6 Å². The van der Waals surface area contributed by atoms with Gasteiger partial charge in [-0.2, -0.15) is 0 Å². The van der Waals surface area contributed by atoms with Gasteiger partial charge in [0, 0.05) is 36.9 Å². The Kier molecular flexibility index (Phi) is 4.24. The molecule has 0 atom stereocenters. The van der Waals surface area contributed by atoms with Crippen molar-refractivity contribution in [3.8, 4) is 0 Å². The molecule has 3 nitrogen and oxygen atoms in total. The molecule has 0 aliphatic carbocycles. The fraction of sp³-hybridized carbons (Fsp3) is 0.462. The number of rotatable bonds is 5. The van der Waals surface area contributed by atoms with Crippen LogP contribution < -0.4 is 0 Å². The average Bonchev–Trinajstić information content (AvgIpc) is 2.68. The monoisotopic (exact) mass is 326 g/mol. The zero-order chi connectivity index (χ0) is 13.2. The topological polar surface area (TPSA) is 27.1 Å². The maximum absolute atomic E-state index is 5.76. The van der Waals surface area contributed by atoms with Crippen LogP contribution in [0.25, 0.3) is 10.9 Å². The maximum atomic E-state index is 5.76. The van der Waals surface area contributed by atoms with Crippen LogP contribution in [0.5, 0.6) is 0 Å². The van der Waals surface area contributed by atoms with Crippen LogP contribution >= 0.6 is 15.9 Å². The Labute approximate surface area is 117 Å². The molecule has 0 radical (unpaired) electrons. The van der Waals surface area contributed by atoms with E-state index in [4.69, 9.17) is 4.74 Å². The third kappa shape index (κ3) is 3.43. The fourth-order valence-corrected chi connectivity index (χ4v) is 2.94. The summed E-state index contributed by atoms with van der Waals surface area (Å²) in [5, 5.41) is 1.18. The standard InChI is InChI=1S/C13H19BrN2OSi/c1-18(2,3)7-6-17-10-16-5-4-11-12(14)8-15-9-13(11)16/h4-5,8-9H,6-7,10H2,1-3H3. The predicted molar refractivity (Wildman–Crippen MR) is 81.5 cm³/mol. The number of fused-ring (bicyclic) bond motifs is 1. The summed E-state index contributed by atoms with van der Waals surface area (Å²) >= 11 is 3.51. The van der Waals surface area contributed by atoms with Crippen molar-refractivity contribution in [1.29, 1.82) is 0 Å². The van der Waals surface area contributed by atoms with E-state index in [9.17, 15) is 0 Å². The molecule has 0 saturated heterocycles. The molecule has 0 aliphatic rings. The molecule has 18 heavy (non-hydrogen) atoms. The molecule has 0 spiro atoms. The molecular formula is C13H19BrN2OSi. The minimum Gasteiger partial charge on any atom is -0.361 e. The summed E-state index contributed by atoms with van der Waals surface area (Å²) in [4.78, 5) is 4.20. The van der Waals surface area contributed by atoms with Gasteiger partial charge in [0.25, 0.3) is 0 Å². The summed E-state index contributed by atoms with van der Waals surface area (Å²) in [7, 11) is -0.996. The van der Waals surface area contributed by atoms with Crippen LogP contribution in [0.1, 0.15) is 0 Å². The molecule has 0 saturated carbocycles. The lowest BCUT2D eigenvalue weighted by molar-refractivity contribution is 0.0902. The van der Waals surface area contributed by atoms with Gasteiger partial charge in [-0.25, -0.2) is 0 Å². The predicted octanol–water partition coefficient (Wildman–Crippen LogP) is 4.11. The highest BCUT2D eigenvalue weighted by molar-refractivity contribution is 9.10. The van der Waals surface area contributed by atoms with E-state index < -0.39 is 8.07 Å². The molecule has 0 fully saturated rings. The van der Waals surface area contributed by atoms with Crippen molar-refractivity contribution in [3.05, 3.63) is 29.1 Å². The normalized spacial score (nSPS) is 12.2. The molecule has 0 bridgehead atoms. The number of pyridine rings is 1. The second-order valence-electron chi connectivity index (χ2n) is 5.69. The number of hydrogen-bond donors (Lipinski definition) is 0. The van der Waals surface area contributed by atoms with Gasteiger partial charge in [0.15, 0.2) is 0 Å². The van der Waals surface area contributed by atoms with E-state index >= 15 is 0 Å². The highest BCUT2D eigenvalue weighted by atomic mass is 79.9. The summed E-state index contributed by atoms with van der Waals surface area (Å²) in [5.41, 5.74) is 1.11. The molecule has 0 amide bonds. The Balaban J connectivity index is 1.98. The van der Waals surface area contributed by atoms with Crippen molar-refractivity contribution in [3.63, 3.8) is 0 Å². The van der Waals surface area contributed by atoms with Crippen LogP contribution in [0.4, 0.5) is 0 Å². The Hall–Kier alpha value is -0.653. The number of halogens is 1. The summed E-state index contributed by atoms with van der Waals surface area (Å²) in [6.45, 7) is 8.54. The number of hydrogen-bond acceptors (Lipinski definition) is 2. The molecule has 0 aromatic carbocycles. The lowest BCUT2D eigenvalue weighted by Gasteiger charge is -2.15. The highest BCUT2D eigenvalue weighted by Gasteiger charge is 2.12. The first kappa shape index (κ1) is 13.8. The minimum atomic E-state index is -0.996. The Morgan fingerprint density at radius 1 is 1.33 bits per heavy atom. The SMILES string of the molecule is C[Si](C)(C)CCOCn1ccc2c(Br)cncc21. The second kappa shape index (κ2) is 5.55. The van der Waals surface area contributed by atoms with Gasteiger partial charge in [-0.1, -0.05) is 19.6 Å². The Morgan fingerprint density at radius 2 is 2.11 bits per heavy atom. The van der Waals surface area contributed by atoms with Gasteiger partial charge in [-0.05, 0) is 28.0 Å². The molecule has 0 unspecified atom stereocenters. The van der Waals surface area contributed by atoms with Gasteiger partial charge in [0.1, 0.15) is 6.73 Å². The number of aromatic nitrogens is 2. The van der Waals surface area contributed by atoms with Crippen LogP contribution in [-0.4, -0.2) is 24.2 Å². The Bertz CT molecular complexity index is 533. The van der Waals surface area contributed by atoms with E-state index in [1.54, 1.807) is 0 Å². The van der Waals surface area contributed by atoms with Gasteiger partial charge in [-0.3, -0.25) is 4.98 Å². The molecule has 98 valence electrons. The molecular weight excluding hydrogens is 308 g/mol. The van der Waals surface area contributed by atoms with Crippen LogP contribution in [0, 0.1) is 0 Å². The fourth-order valence-electron chi connectivity index (χ4n) is 1.73. The zero-order valence-corrected chi connectivity index (χ0v) is 13.7. The molecule has 2 rings (SSSR count). The van der Waals surface area contributed by atoms with Crippen molar-refractivity contribution in [1.82, 2.24) is 9.55 Å². The van der Waals surface area contributed by atoms with E-state index in [0.717, 1.165) is 16.6 Å². The lowest BCUT2D eigenvalue weighted by Crippen LogP contribution is -2.21. The molecule has 0 N–H and O–H groups in total. The smallest absolute Gasteiger partial charge is 0.122 e. The van der Waals surface area contributed by atoms with E-state index in [1.165, 1.54) is 11.4 Å². The largest absolute Gasteiger partial charge is 0.361 e. The molecule has 2 aromatic rings. The van der Waals surface area contributed by atoms with Gasteiger partial charge in [-0.15, -0.1) is 0 Å². The van der Waals surface area contributed by atoms with Crippen LogP contribution in [0.15, 0.2) is 29.1 Å². The number of ether oxygens (including phenoxy) is 1. The zero-order valence-electron chi connectivity index (χ0n) is 11.1. The molecule has 0 aliphatic heterocycles. The number of nitrogens with zero attached hydrogens (tertiary/aromatic N) is 2. The maximum Gasteiger partial charge on any atom is 0.122 e. The first-order valence-electron chi connectivity index (χ1n) is 6.13. The quantitative estimate of drug-likeness (QED) is 0.610. The van der Waals surface area contributed by atoms with Crippen molar-refractivity contribution >= 4 is 34.9 Å². The third-order valence-corrected chi connectivity index (χ3v) is 5.21. The molecule has 5 heteroatoms. The van der Waals surface area contributed by atoms with Gasteiger partial charge in [0.05, 0.1) is 11.7 Å². The minimum absolute atomic E-state index is 0.603. The van der Waals surface area contributed by atoms with E-state index in [2.05, 4.69) is 51.2 Å². The van der Waals surface area contributed by atoms with Crippen molar-refractivity contribution in [2.45, 2.75) is 32.4 Å². The average molecular weight is 327 g/mol. The molecule has 2 aromatic heterocycles. The van der Waals surface area contributed by atoms with Crippen molar-refractivity contribution in [2.24, 2.45) is 0 Å². The van der Waals surface area contributed by atoms with Crippen molar-refractivity contribution < 1.29 is 4.74 Å². The summed E-state index contributed by atoms with van der Waals surface area (Å²) < 4.78 is 8.88. The van der Waals surface area contributed by atoms with E-state index in [0.29, 0.717) is 6.73 Å². The molecule has 2 heterocycles. The van der Waals surface area contributed by atoms with Crippen LogP contribution in [0.3, 0.4) is 0 Å². The van der Waals surface area contributed by atoms with E-state index in [-0.39, 0.29) is 0 Å². The lowest BCUT2D eigenvalue weighted by atomic mass is 10.3. The summed E-state index contributed by atoms with van der Waals surface area (Å²) in [5.74, 6) is 0.